The van der Waals surface area contributed by atoms with Gasteiger partial charge >= 0.3 is 0 Å². The third-order valence-electron chi connectivity index (χ3n) is 3.06. The topological polar surface area (TPSA) is 44.1 Å². The Morgan fingerprint density at radius 2 is 2.07 bits per heavy atom. The summed E-state index contributed by atoms with van der Waals surface area (Å²) >= 11 is 0. The van der Waals surface area contributed by atoms with Crippen LogP contribution in [0.25, 0.3) is 0 Å². The first-order valence-corrected chi connectivity index (χ1v) is 5.58. The predicted molar refractivity (Wildman–Crippen MR) is 61.1 cm³/mol. The van der Waals surface area contributed by atoms with Crippen LogP contribution in [0.4, 0.5) is 0 Å². The summed E-state index contributed by atoms with van der Waals surface area (Å²) in [7, 11) is 1.78. The molecule has 15 heavy (non-hydrogen) atoms. The zero-order chi connectivity index (χ0) is 12.1. The second-order valence-electron chi connectivity index (χ2n) is 4.50. The van der Waals surface area contributed by atoms with E-state index in [0.717, 1.165) is 13.0 Å². The van der Waals surface area contributed by atoms with Gasteiger partial charge in [-0.3, -0.25) is 4.79 Å². The van der Waals surface area contributed by atoms with Crippen LogP contribution < -0.4 is 0 Å². The molecule has 2 unspecified atom stereocenters. The van der Waals surface area contributed by atoms with Gasteiger partial charge in [-0.25, -0.2) is 0 Å². The minimum Gasteiger partial charge on any atom is -0.344 e. The van der Waals surface area contributed by atoms with Crippen LogP contribution >= 0.6 is 0 Å². The second-order valence-corrected chi connectivity index (χ2v) is 4.50. The molecule has 2 atom stereocenters. The molecule has 3 heteroatoms. The molecule has 0 N–H and O–H groups in total. The van der Waals surface area contributed by atoms with Crippen molar-refractivity contribution in [3.8, 4) is 6.07 Å². The lowest BCUT2D eigenvalue weighted by molar-refractivity contribution is -0.137. The average Bonchev–Trinajstić information content (AvgIpc) is 2.26. The molecular weight excluding hydrogens is 188 g/mol. The van der Waals surface area contributed by atoms with Crippen molar-refractivity contribution in [3.63, 3.8) is 0 Å². The fraction of sp³-hybridized carbons (Fsp3) is 0.833. The highest BCUT2D eigenvalue weighted by Crippen LogP contribution is 2.23. The van der Waals surface area contributed by atoms with E-state index in [9.17, 15) is 4.79 Å². The molecule has 0 rings (SSSR count). The molecule has 0 aromatic carbocycles. The molecule has 0 radical (unpaired) electrons. The molecule has 0 saturated carbocycles. The molecule has 1 amide bonds. The smallest absolute Gasteiger partial charge is 0.242 e. The van der Waals surface area contributed by atoms with E-state index in [0.29, 0.717) is 12.3 Å². The van der Waals surface area contributed by atoms with Gasteiger partial charge in [0.2, 0.25) is 5.91 Å². The summed E-state index contributed by atoms with van der Waals surface area (Å²) in [6, 6.07) is 2.11. The van der Waals surface area contributed by atoms with Crippen LogP contribution in [0.15, 0.2) is 0 Å². The van der Waals surface area contributed by atoms with E-state index in [4.69, 9.17) is 5.26 Å². The number of hydrogen-bond acceptors (Lipinski definition) is 2. The quantitative estimate of drug-likeness (QED) is 0.699. The van der Waals surface area contributed by atoms with Crippen LogP contribution in [0, 0.1) is 22.7 Å². The number of nitrogens with zero attached hydrogens (tertiary/aromatic N) is 2. The lowest BCUT2D eigenvalue weighted by atomic mass is 9.87. The van der Waals surface area contributed by atoms with Crippen molar-refractivity contribution in [2.24, 2.45) is 11.3 Å². The van der Waals surface area contributed by atoms with Gasteiger partial charge in [0.15, 0.2) is 0 Å². The minimum atomic E-state index is -0.859. The van der Waals surface area contributed by atoms with Gasteiger partial charge in [0.1, 0.15) is 5.41 Å². The van der Waals surface area contributed by atoms with Gasteiger partial charge < -0.3 is 4.90 Å². The van der Waals surface area contributed by atoms with Crippen LogP contribution in [-0.4, -0.2) is 24.4 Å². The Kier molecular flexibility index (Phi) is 5.35. The summed E-state index contributed by atoms with van der Waals surface area (Å²) in [4.78, 5) is 13.7. The average molecular weight is 210 g/mol. The molecule has 0 bridgehead atoms. The Morgan fingerprint density at radius 3 is 2.40 bits per heavy atom. The van der Waals surface area contributed by atoms with Crippen molar-refractivity contribution in [2.75, 3.05) is 13.6 Å². The minimum absolute atomic E-state index is 0.0622. The number of amides is 1. The third-order valence-corrected chi connectivity index (χ3v) is 3.06. The molecule has 0 aliphatic heterocycles. The summed E-state index contributed by atoms with van der Waals surface area (Å²) in [6.07, 6.45) is 1.61. The number of hydrogen-bond donors (Lipinski definition) is 0. The van der Waals surface area contributed by atoms with Gasteiger partial charge in [-0.05, 0) is 19.3 Å². The van der Waals surface area contributed by atoms with Gasteiger partial charge in [-0.15, -0.1) is 0 Å². The van der Waals surface area contributed by atoms with Crippen molar-refractivity contribution in [3.05, 3.63) is 0 Å². The Hall–Kier alpha value is -1.04. The third kappa shape index (κ3) is 3.54. The van der Waals surface area contributed by atoms with Crippen LogP contribution in [0.3, 0.4) is 0 Å². The molecule has 0 aliphatic carbocycles. The number of nitriles is 1. The largest absolute Gasteiger partial charge is 0.344 e. The van der Waals surface area contributed by atoms with Crippen molar-refractivity contribution in [2.45, 2.75) is 40.5 Å². The van der Waals surface area contributed by atoms with Crippen LogP contribution in [0.2, 0.25) is 0 Å². The number of carbonyl (C=O) groups excluding carboxylic acids is 1. The van der Waals surface area contributed by atoms with E-state index in [2.05, 4.69) is 19.9 Å². The standard InChI is InChI=1S/C12H22N2O/c1-6-10(3)8-14(5)11(15)12(4,7-2)9-13/h10H,6-8H2,1-5H3. The Labute approximate surface area is 93.1 Å². The SMILES string of the molecule is CCC(C)CN(C)C(=O)C(C)(C#N)CC. The van der Waals surface area contributed by atoms with E-state index < -0.39 is 5.41 Å². The molecule has 0 aliphatic rings. The molecule has 0 aromatic heterocycles. The van der Waals surface area contributed by atoms with E-state index in [1.54, 1.807) is 18.9 Å². The highest BCUT2D eigenvalue weighted by atomic mass is 16.2. The molecule has 0 heterocycles. The van der Waals surface area contributed by atoms with Gasteiger partial charge in [0.05, 0.1) is 6.07 Å². The first kappa shape index (κ1) is 14.0. The molecular formula is C12H22N2O. The summed E-state index contributed by atoms with van der Waals surface area (Å²) < 4.78 is 0. The van der Waals surface area contributed by atoms with Crippen molar-refractivity contribution >= 4 is 5.91 Å². The van der Waals surface area contributed by atoms with Crippen LogP contribution in [0.1, 0.15) is 40.5 Å². The fourth-order valence-electron chi connectivity index (χ4n) is 1.38. The Morgan fingerprint density at radius 1 is 1.53 bits per heavy atom. The second kappa shape index (κ2) is 5.75. The monoisotopic (exact) mass is 210 g/mol. The fourth-order valence-corrected chi connectivity index (χ4v) is 1.38. The first-order chi connectivity index (χ1) is 6.91. The zero-order valence-electron chi connectivity index (χ0n) is 10.5. The van der Waals surface area contributed by atoms with E-state index in [-0.39, 0.29) is 5.91 Å². The lowest BCUT2D eigenvalue weighted by Gasteiger charge is -2.27. The lowest BCUT2D eigenvalue weighted by Crippen LogP contribution is -2.41. The van der Waals surface area contributed by atoms with E-state index >= 15 is 0 Å². The van der Waals surface area contributed by atoms with Crippen LogP contribution in [-0.2, 0) is 4.79 Å². The van der Waals surface area contributed by atoms with Crippen molar-refractivity contribution in [1.29, 1.82) is 5.26 Å². The maximum absolute atomic E-state index is 12.0. The highest BCUT2D eigenvalue weighted by molar-refractivity contribution is 5.84. The number of carbonyl (C=O) groups is 1. The molecule has 86 valence electrons. The van der Waals surface area contributed by atoms with Crippen molar-refractivity contribution in [1.82, 2.24) is 4.90 Å². The van der Waals surface area contributed by atoms with E-state index in [1.165, 1.54) is 0 Å². The van der Waals surface area contributed by atoms with Gasteiger partial charge in [-0.1, -0.05) is 27.2 Å². The van der Waals surface area contributed by atoms with Gasteiger partial charge in [0.25, 0.3) is 0 Å². The van der Waals surface area contributed by atoms with Gasteiger partial charge in [0, 0.05) is 13.6 Å². The summed E-state index contributed by atoms with van der Waals surface area (Å²) in [6.45, 7) is 8.53. The van der Waals surface area contributed by atoms with Crippen LogP contribution in [0.5, 0.6) is 0 Å². The summed E-state index contributed by atoms with van der Waals surface area (Å²) in [5.41, 5.74) is -0.859. The molecule has 0 aromatic rings. The summed E-state index contributed by atoms with van der Waals surface area (Å²) in [5, 5.41) is 9.00. The van der Waals surface area contributed by atoms with E-state index in [1.807, 2.05) is 6.92 Å². The Balaban J connectivity index is 4.51. The highest BCUT2D eigenvalue weighted by Gasteiger charge is 2.33. The van der Waals surface area contributed by atoms with Gasteiger partial charge in [-0.2, -0.15) is 5.26 Å². The Bertz CT molecular complexity index is 257. The molecule has 0 spiro atoms. The maximum atomic E-state index is 12.0. The first-order valence-electron chi connectivity index (χ1n) is 5.58. The zero-order valence-corrected chi connectivity index (χ0v) is 10.5. The summed E-state index contributed by atoms with van der Waals surface area (Å²) in [5.74, 6) is 0.423. The van der Waals surface area contributed by atoms with Crippen molar-refractivity contribution < 1.29 is 4.79 Å². The molecule has 0 saturated heterocycles. The molecule has 3 nitrogen and oxygen atoms in total. The number of rotatable bonds is 5. The normalized spacial score (nSPS) is 16.3. The predicted octanol–water partition coefficient (Wildman–Crippen LogP) is 2.43. The maximum Gasteiger partial charge on any atom is 0.242 e. The molecule has 0 fully saturated rings.